The van der Waals surface area contributed by atoms with Crippen LogP contribution in [0.5, 0.6) is 0 Å². The molecule has 0 aliphatic carbocycles. The van der Waals surface area contributed by atoms with Gasteiger partial charge in [-0.05, 0) is 25.3 Å². The third kappa shape index (κ3) is 3.45. The van der Waals surface area contributed by atoms with E-state index < -0.39 is 0 Å². The SMILES string of the molecule is CC(=O)c1cnn(CN2CCN(Cc3cccs3)CC2)c1C. The Morgan fingerprint density at radius 1 is 1.27 bits per heavy atom. The smallest absolute Gasteiger partial charge is 0.163 e. The van der Waals surface area contributed by atoms with Crippen molar-refractivity contribution < 1.29 is 4.79 Å². The summed E-state index contributed by atoms with van der Waals surface area (Å²) >= 11 is 1.83. The molecule has 1 aliphatic heterocycles. The highest BCUT2D eigenvalue weighted by atomic mass is 32.1. The molecule has 0 saturated carbocycles. The van der Waals surface area contributed by atoms with Crippen LogP contribution in [0.25, 0.3) is 0 Å². The summed E-state index contributed by atoms with van der Waals surface area (Å²) in [6.45, 7) is 9.64. The molecular formula is C16H22N4OS. The van der Waals surface area contributed by atoms with Gasteiger partial charge in [0.2, 0.25) is 0 Å². The Hall–Kier alpha value is -1.50. The number of piperazine rings is 1. The molecule has 0 amide bonds. The molecule has 1 aliphatic rings. The van der Waals surface area contributed by atoms with E-state index in [0.717, 1.165) is 50.6 Å². The van der Waals surface area contributed by atoms with Crippen molar-refractivity contribution in [2.75, 3.05) is 26.2 Å². The van der Waals surface area contributed by atoms with Crippen LogP contribution in [0.4, 0.5) is 0 Å². The number of aromatic nitrogens is 2. The van der Waals surface area contributed by atoms with Gasteiger partial charge in [-0.25, -0.2) is 0 Å². The summed E-state index contributed by atoms with van der Waals surface area (Å²) in [6, 6.07) is 4.32. The quantitative estimate of drug-likeness (QED) is 0.793. The Bertz CT molecular complexity index is 627. The lowest BCUT2D eigenvalue weighted by atomic mass is 10.2. The maximum atomic E-state index is 11.5. The van der Waals surface area contributed by atoms with Gasteiger partial charge in [0.15, 0.2) is 5.78 Å². The van der Waals surface area contributed by atoms with Gasteiger partial charge in [-0.3, -0.25) is 19.3 Å². The van der Waals surface area contributed by atoms with Crippen LogP contribution in [0.15, 0.2) is 23.7 Å². The van der Waals surface area contributed by atoms with Crippen LogP contribution in [-0.2, 0) is 13.2 Å². The lowest BCUT2D eigenvalue weighted by molar-refractivity contribution is 0.0980. The average molecular weight is 318 g/mol. The molecule has 118 valence electrons. The fourth-order valence-electron chi connectivity index (χ4n) is 2.84. The molecule has 6 heteroatoms. The summed E-state index contributed by atoms with van der Waals surface area (Å²) in [6.07, 6.45) is 1.69. The van der Waals surface area contributed by atoms with E-state index in [0.29, 0.717) is 0 Å². The zero-order chi connectivity index (χ0) is 15.5. The Balaban J connectivity index is 1.52. The Kier molecular flexibility index (Phi) is 4.71. The first-order valence-electron chi connectivity index (χ1n) is 7.64. The number of nitrogens with zero attached hydrogens (tertiary/aromatic N) is 4. The second-order valence-electron chi connectivity index (χ2n) is 5.81. The van der Waals surface area contributed by atoms with E-state index in [1.54, 1.807) is 13.1 Å². The van der Waals surface area contributed by atoms with Crippen molar-refractivity contribution in [3.8, 4) is 0 Å². The van der Waals surface area contributed by atoms with Crippen molar-refractivity contribution in [3.63, 3.8) is 0 Å². The van der Waals surface area contributed by atoms with Crippen LogP contribution in [0, 0.1) is 6.92 Å². The van der Waals surface area contributed by atoms with E-state index in [9.17, 15) is 4.79 Å². The van der Waals surface area contributed by atoms with Crippen molar-refractivity contribution in [1.29, 1.82) is 0 Å². The van der Waals surface area contributed by atoms with Gasteiger partial charge in [0.1, 0.15) is 0 Å². The van der Waals surface area contributed by atoms with Crippen LogP contribution in [0.1, 0.15) is 27.9 Å². The van der Waals surface area contributed by atoms with Gasteiger partial charge in [0.05, 0.1) is 18.4 Å². The highest BCUT2D eigenvalue weighted by molar-refractivity contribution is 7.09. The van der Waals surface area contributed by atoms with Crippen LogP contribution in [0.2, 0.25) is 0 Å². The summed E-state index contributed by atoms with van der Waals surface area (Å²) in [5, 5.41) is 6.49. The predicted molar refractivity (Wildman–Crippen MR) is 88.1 cm³/mol. The van der Waals surface area contributed by atoms with E-state index in [-0.39, 0.29) is 5.78 Å². The van der Waals surface area contributed by atoms with Crippen LogP contribution >= 0.6 is 11.3 Å². The second-order valence-corrected chi connectivity index (χ2v) is 6.85. The van der Waals surface area contributed by atoms with Crippen molar-refractivity contribution in [2.45, 2.75) is 27.1 Å². The molecule has 0 spiro atoms. The molecule has 0 N–H and O–H groups in total. The Morgan fingerprint density at radius 2 is 2.00 bits per heavy atom. The Labute approximate surface area is 135 Å². The zero-order valence-electron chi connectivity index (χ0n) is 13.2. The van der Waals surface area contributed by atoms with Gasteiger partial charge < -0.3 is 0 Å². The van der Waals surface area contributed by atoms with Gasteiger partial charge >= 0.3 is 0 Å². The van der Waals surface area contributed by atoms with E-state index in [1.807, 2.05) is 22.9 Å². The van der Waals surface area contributed by atoms with Crippen LogP contribution < -0.4 is 0 Å². The van der Waals surface area contributed by atoms with E-state index in [2.05, 4.69) is 32.4 Å². The molecule has 5 nitrogen and oxygen atoms in total. The number of hydrogen-bond donors (Lipinski definition) is 0. The third-order valence-electron chi connectivity index (χ3n) is 4.24. The summed E-state index contributed by atoms with van der Waals surface area (Å²) in [5.74, 6) is 0.0875. The first-order chi connectivity index (χ1) is 10.6. The number of ketones is 1. The highest BCUT2D eigenvalue weighted by Crippen LogP contribution is 2.14. The van der Waals surface area contributed by atoms with Crippen LogP contribution in [-0.4, -0.2) is 51.5 Å². The molecule has 0 unspecified atom stereocenters. The van der Waals surface area contributed by atoms with Gasteiger partial charge in [0, 0.05) is 43.3 Å². The molecule has 0 atom stereocenters. The van der Waals surface area contributed by atoms with Gasteiger partial charge in [-0.2, -0.15) is 5.10 Å². The minimum Gasteiger partial charge on any atom is -0.296 e. The summed E-state index contributed by atoms with van der Waals surface area (Å²) < 4.78 is 1.94. The van der Waals surface area contributed by atoms with Crippen molar-refractivity contribution in [3.05, 3.63) is 39.8 Å². The molecule has 0 aromatic carbocycles. The molecule has 1 saturated heterocycles. The first-order valence-corrected chi connectivity index (χ1v) is 8.52. The predicted octanol–water partition coefficient (Wildman–Crippen LogP) is 2.23. The van der Waals surface area contributed by atoms with E-state index in [1.165, 1.54) is 4.88 Å². The summed E-state index contributed by atoms with van der Waals surface area (Å²) in [4.78, 5) is 17.8. The zero-order valence-corrected chi connectivity index (χ0v) is 14.0. The average Bonchev–Trinajstić information content (AvgIpc) is 3.12. The molecule has 0 bridgehead atoms. The fourth-order valence-corrected chi connectivity index (χ4v) is 3.58. The fraction of sp³-hybridized carbons (Fsp3) is 0.500. The van der Waals surface area contributed by atoms with E-state index >= 15 is 0 Å². The maximum Gasteiger partial charge on any atom is 0.163 e. The van der Waals surface area contributed by atoms with Crippen molar-refractivity contribution >= 4 is 17.1 Å². The number of rotatable bonds is 5. The molecule has 1 fully saturated rings. The molecule has 22 heavy (non-hydrogen) atoms. The van der Waals surface area contributed by atoms with Gasteiger partial charge in [-0.15, -0.1) is 11.3 Å². The largest absolute Gasteiger partial charge is 0.296 e. The molecule has 3 rings (SSSR count). The number of hydrogen-bond acceptors (Lipinski definition) is 5. The summed E-state index contributed by atoms with van der Waals surface area (Å²) in [5.41, 5.74) is 1.70. The number of carbonyl (C=O) groups excluding carboxylic acids is 1. The lowest BCUT2D eigenvalue weighted by Gasteiger charge is -2.34. The van der Waals surface area contributed by atoms with Gasteiger partial charge in [-0.1, -0.05) is 6.07 Å². The molecule has 2 aromatic rings. The topological polar surface area (TPSA) is 41.4 Å². The molecule has 2 aromatic heterocycles. The number of Topliss-reactive ketones (excluding diaryl/α,β-unsaturated/α-hetero) is 1. The monoisotopic (exact) mass is 318 g/mol. The third-order valence-corrected chi connectivity index (χ3v) is 5.10. The minimum absolute atomic E-state index is 0.0875. The first kappa shape index (κ1) is 15.4. The van der Waals surface area contributed by atoms with Gasteiger partial charge in [0.25, 0.3) is 0 Å². The standard InChI is InChI=1S/C16H22N4OS/c1-13-16(14(2)21)10-17-20(13)12-19-7-5-18(6-8-19)11-15-4-3-9-22-15/h3-4,9-10H,5-8,11-12H2,1-2H3. The molecular weight excluding hydrogens is 296 g/mol. The molecule has 0 radical (unpaired) electrons. The molecule has 3 heterocycles. The highest BCUT2D eigenvalue weighted by Gasteiger charge is 2.19. The van der Waals surface area contributed by atoms with Crippen molar-refractivity contribution in [2.24, 2.45) is 0 Å². The Morgan fingerprint density at radius 3 is 2.59 bits per heavy atom. The number of carbonyl (C=O) groups is 1. The minimum atomic E-state index is 0.0875. The number of thiophene rings is 1. The second kappa shape index (κ2) is 6.73. The van der Waals surface area contributed by atoms with E-state index in [4.69, 9.17) is 0 Å². The van der Waals surface area contributed by atoms with Crippen LogP contribution in [0.3, 0.4) is 0 Å². The summed E-state index contributed by atoms with van der Waals surface area (Å²) in [7, 11) is 0. The van der Waals surface area contributed by atoms with Crippen molar-refractivity contribution in [1.82, 2.24) is 19.6 Å². The lowest BCUT2D eigenvalue weighted by Crippen LogP contribution is -2.46. The normalized spacial score (nSPS) is 17.0. The maximum absolute atomic E-state index is 11.5.